The van der Waals surface area contributed by atoms with Crippen LogP contribution in [0, 0.1) is 5.92 Å². The number of amides is 3. The second-order valence-corrected chi connectivity index (χ2v) is 6.92. The third kappa shape index (κ3) is 5.02. The molecule has 1 heterocycles. The molecule has 8 heteroatoms. The van der Waals surface area contributed by atoms with Crippen molar-refractivity contribution >= 4 is 40.8 Å². The molecule has 0 spiro atoms. The van der Waals surface area contributed by atoms with E-state index in [0.717, 1.165) is 0 Å². The molecule has 156 valence electrons. The Morgan fingerprint density at radius 2 is 1.80 bits per heavy atom. The fourth-order valence-corrected chi connectivity index (χ4v) is 3.24. The standard InChI is InChI=1S/C22H23N3O5/c1-3-30-22(29)15-7-9-17(10-8-15)24-21(28)16-11-20(27)25(13-16)19-6-4-5-18(12-19)23-14(2)26/h4-10,12,16H,3,11,13H2,1-2H3,(H,23,26)(H,24,28). The number of benzene rings is 2. The fourth-order valence-electron chi connectivity index (χ4n) is 3.24. The maximum Gasteiger partial charge on any atom is 0.338 e. The van der Waals surface area contributed by atoms with Crippen LogP contribution in [0.25, 0.3) is 0 Å². The van der Waals surface area contributed by atoms with Crippen LogP contribution in [-0.4, -0.2) is 36.8 Å². The smallest absolute Gasteiger partial charge is 0.338 e. The van der Waals surface area contributed by atoms with Gasteiger partial charge in [-0.1, -0.05) is 6.07 Å². The molecular weight excluding hydrogens is 386 g/mol. The third-order valence-electron chi connectivity index (χ3n) is 4.64. The summed E-state index contributed by atoms with van der Waals surface area (Å²) in [4.78, 5) is 49.6. The van der Waals surface area contributed by atoms with Gasteiger partial charge in [0, 0.05) is 37.0 Å². The average Bonchev–Trinajstić information content (AvgIpc) is 3.10. The van der Waals surface area contributed by atoms with E-state index in [-0.39, 0.29) is 37.3 Å². The summed E-state index contributed by atoms with van der Waals surface area (Å²) >= 11 is 0. The Labute approximate surface area is 174 Å². The quantitative estimate of drug-likeness (QED) is 0.714. The predicted molar refractivity (Wildman–Crippen MR) is 112 cm³/mol. The first-order chi connectivity index (χ1) is 14.4. The van der Waals surface area contributed by atoms with Crippen LogP contribution >= 0.6 is 0 Å². The number of esters is 1. The van der Waals surface area contributed by atoms with Crippen LogP contribution in [0.15, 0.2) is 48.5 Å². The van der Waals surface area contributed by atoms with Gasteiger partial charge in [-0.25, -0.2) is 4.79 Å². The van der Waals surface area contributed by atoms with Crippen molar-refractivity contribution in [3.63, 3.8) is 0 Å². The summed E-state index contributed by atoms with van der Waals surface area (Å²) in [6.07, 6.45) is 0.0944. The molecule has 1 unspecified atom stereocenters. The van der Waals surface area contributed by atoms with Crippen LogP contribution in [0.3, 0.4) is 0 Å². The van der Waals surface area contributed by atoms with Crippen molar-refractivity contribution in [2.45, 2.75) is 20.3 Å². The minimum absolute atomic E-state index is 0.0944. The molecule has 3 rings (SSSR count). The number of nitrogens with one attached hydrogen (secondary N) is 2. The Balaban J connectivity index is 1.64. The molecule has 2 aromatic rings. The van der Waals surface area contributed by atoms with E-state index in [1.54, 1.807) is 60.4 Å². The van der Waals surface area contributed by atoms with Gasteiger partial charge in [-0.15, -0.1) is 0 Å². The molecule has 0 aliphatic carbocycles. The van der Waals surface area contributed by atoms with Crippen molar-refractivity contribution in [2.75, 3.05) is 28.7 Å². The second-order valence-electron chi connectivity index (χ2n) is 6.92. The van der Waals surface area contributed by atoms with E-state index in [1.807, 2.05) is 0 Å². The predicted octanol–water partition coefficient (Wildman–Crippen LogP) is 2.81. The van der Waals surface area contributed by atoms with Crippen molar-refractivity contribution in [2.24, 2.45) is 5.92 Å². The van der Waals surface area contributed by atoms with E-state index in [2.05, 4.69) is 10.6 Å². The van der Waals surface area contributed by atoms with E-state index in [1.165, 1.54) is 6.92 Å². The molecule has 0 saturated carbocycles. The second kappa shape index (κ2) is 9.21. The highest BCUT2D eigenvalue weighted by molar-refractivity contribution is 6.04. The van der Waals surface area contributed by atoms with Crippen molar-refractivity contribution < 1.29 is 23.9 Å². The van der Waals surface area contributed by atoms with Gasteiger partial charge in [-0.2, -0.15) is 0 Å². The van der Waals surface area contributed by atoms with Crippen molar-refractivity contribution in [1.29, 1.82) is 0 Å². The Kier molecular flexibility index (Phi) is 6.46. The van der Waals surface area contributed by atoms with Gasteiger partial charge in [0.1, 0.15) is 0 Å². The molecule has 3 amide bonds. The van der Waals surface area contributed by atoms with E-state index in [4.69, 9.17) is 4.74 Å². The van der Waals surface area contributed by atoms with E-state index in [9.17, 15) is 19.2 Å². The number of hydrogen-bond acceptors (Lipinski definition) is 5. The van der Waals surface area contributed by atoms with Crippen molar-refractivity contribution in [3.8, 4) is 0 Å². The lowest BCUT2D eigenvalue weighted by atomic mass is 10.1. The molecule has 2 N–H and O–H groups in total. The number of rotatable bonds is 6. The highest BCUT2D eigenvalue weighted by Gasteiger charge is 2.35. The lowest BCUT2D eigenvalue weighted by Gasteiger charge is -2.18. The molecule has 0 radical (unpaired) electrons. The molecule has 1 aliphatic rings. The van der Waals surface area contributed by atoms with Crippen LogP contribution in [0.5, 0.6) is 0 Å². The first-order valence-electron chi connectivity index (χ1n) is 9.63. The van der Waals surface area contributed by atoms with Crippen LogP contribution in [0.2, 0.25) is 0 Å². The Hall–Kier alpha value is -3.68. The van der Waals surface area contributed by atoms with E-state index in [0.29, 0.717) is 22.6 Å². The Bertz CT molecular complexity index is 971. The molecule has 1 atom stereocenters. The monoisotopic (exact) mass is 409 g/mol. The van der Waals surface area contributed by atoms with Gasteiger partial charge >= 0.3 is 5.97 Å². The number of carbonyl (C=O) groups excluding carboxylic acids is 4. The summed E-state index contributed by atoms with van der Waals surface area (Å²) in [6.45, 7) is 3.68. The molecule has 1 fully saturated rings. The minimum Gasteiger partial charge on any atom is -0.462 e. The van der Waals surface area contributed by atoms with Crippen LogP contribution in [0.4, 0.5) is 17.1 Å². The van der Waals surface area contributed by atoms with Gasteiger partial charge in [0.25, 0.3) is 0 Å². The van der Waals surface area contributed by atoms with Crippen LogP contribution < -0.4 is 15.5 Å². The van der Waals surface area contributed by atoms with Gasteiger partial charge in [-0.05, 0) is 49.4 Å². The summed E-state index contributed by atoms with van der Waals surface area (Å²) in [5.74, 6) is -1.56. The summed E-state index contributed by atoms with van der Waals surface area (Å²) in [5.41, 5.74) is 2.14. The molecule has 0 aromatic heterocycles. The van der Waals surface area contributed by atoms with Gasteiger partial charge in [0.15, 0.2) is 0 Å². The molecule has 1 aliphatic heterocycles. The summed E-state index contributed by atoms with van der Waals surface area (Å²) in [7, 11) is 0. The Morgan fingerprint density at radius 3 is 2.47 bits per heavy atom. The molecule has 0 bridgehead atoms. The van der Waals surface area contributed by atoms with Gasteiger partial charge in [-0.3, -0.25) is 14.4 Å². The summed E-state index contributed by atoms with van der Waals surface area (Å²) in [6, 6.07) is 13.3. The highest BCUT2D eigenvalue weighted by atomic mass is 16.5. The number of anilines is 3. The summed E-state index contributed by atoms with van der Waals surface area (Å²) in [5, 5.41) is 5.47. The zero-order valence-electron chi connectivity index (χ0n) is 16.8. The zero-order chi connectivity index (χ0) is 21.7. The van der Waals surface area contributed by atoms with Gasteiger partial charge < -0.3 is 20.3 Å². The zero-order valence-corrected chi connectivity index (χ0v) is 16.8. The maximum atomic E-state index is 12.6. The number of ether oxygens (including phenoxy) is 1. The summed E-state index contributed by atoms with van der Waals surface area (Å²) < 4.78 is 4.93. The topological polar surface area (TPSA) is 105 Å². The van der Waals surface area contributed by atoms with Gasteiger partial charge in [0.2, 0.25) is 17.7 Å². The lowest BCUT2D eigenvalue weighted by Crippen LogP contribution is -2.28. The third-order valence-corrected chi connectivity index (χ3v) is 4.64. The SMILES string of the molecule is CCOC(=O)c1ccc(NC(=O)C2CC(=O)N(c3cccc(NC(C)=O)c3)C2)cc1. The number of carbonyl (C=O) groups is 4. The molecular formula is C22H23N3O5. The Morgan fingerprint density at radius 1 is 1.07 bits per heavy atom. The molecule has 2 aromatic carbocycles. The largest absolute Gasteiger partial charge is 0.462 e. The molecule has 8 nitrogen and oxygen atoms in total. The van der Waals surface area contributed by atoms with Crippen molar-refractivity contribution in [1.82, 2.24) is 0 Å². The molecule has 30 heavy (non-hydrogen) atoms. The molecule has 1 saturated heterocycles. The van der Waals surface area contributed by atoms with E-state index < -0.39 is 11.9 Å². The number of hydrogen-bond donors (Lipinski definition) is 2. The fraction of sp³-hybridized carbons (Fsp3) is 0.273. The maximum absolute atomic E-state index is 12.6. The van der Waals surface area contributed by atoms with E-state index >= 15 is 0 Å². The van der Waals surface area contributed by atoms with Crippen LogP contribution in [0.1, 0.15) is 30.6 Å². The first kappa shape index (κ1) is 21.0. The highest BCUT2D eigenvalue weighted by Crippen LogP contribution is 2.28. The van der Waals surface area contributed by atoms with Crippen LogP contribution in [-0.2, 0) is 19.1 Å². The normalized spacial score (nSPS) is 15.6. The van der Waals surface area contributed by atoms with Gasteiger partial charge in [0.05, 0.1) is 18.1 Å². The lowest BCUT2D eigenvalue weighted by molar-refractivity contribution is -0.122. The number of nitrogens with zero attached hydrogens (tertiary/aromatic N) is 1. The first-order valence-corrected chi connectivity index (χ1v) is 9.63. The van der Waals surface area contributed by atoms with Crippen molar-refractivity contribution in [3.05, 3.63) is 54.1 Å². The minimum atomic E-state index is -0.508. The average molecular weight is 409 g/mol.